The molecule has 1 aromatic carbocycles. The maximum atomic E-state index is 12.7. The van der Waals surface area contributed by atoms with E-state index in [4.69, 9.17) is 0 Å². The van der Waals surface area contributed by atoms with Crippen LogP contribution in [0.15, 0.2) is 48.8 Å². The van der Waals surface area contributed by atoms with Crippen LogP contribution < -0.4 is 5.32 Å². The van der Waals surface area contributed by atoms with Gasteiger partial charge in [0.2, 0.25) is 5.91 Å². The monoisotopic (exact) mass is 341 g/mol. The summed E-state index contributed by atoms with van der Waals surface area (Å²) in [5.41, 5.74) is 1.49. The van der Waals surface area contributed by atoms with Crippen LogP contribution in [0.25, 0.3) is 0 Å². The molecule has 1 heterocycles. The van der Waals surface area contributed by atoms with Crippen molar-refractivity contribution in [3.05, 3.63) is 70.0 Å². The Hall–Kier alpha value is -2.76. The number of carbonyl (C=O) groups is 1. The number of hydrogen-bond donors (Lipinski definition) is 1. The first-order chi connectivity index (χ1) is 12.1. The van der Waals surface area contributed by atoms with E-state index in [1.807, 2.05) is 6.07 Å². The third-order valence-corrected chi connectivity index (χ3v) is 4.05. The van der Waals surface area contributed by atoms with Crippen LogP contribution in [0.5, 0.6) is 0 Å². The Morgan fingerprint density at radius 2 is 1.92 bits per heavy atom. The number of aromatic nitrogens is 1. The summed E-state index contributed by atoms with van der Waals surface area (Å²) in [7, 11) is 0. The van der Waals surface area contributed by atoms with Gasteiger partial charge in [-0.05, 0) is 23.6 Å². The van der Waals surface area contributed by atoms with Crippen LogP contribution in [0.4, 0.5) is 5.69 Å². The SMILES string of the molecule is CCCCCCNC(=O)[C@@H](c1ccc([N+](=O)[O-])cc1)c1cccnc1. The molecule has 1 aromatic heterocycles. The maximum Gasteiger partial charge on any atom is 0.269 e. The average molecular weight is 341 g/mol. The summed E-state index contributed by atoms with van der Waals surface area (Å²) in [6.07, 6.45) is 7.65. The van der Waals surface area contributed by atoms with Crippen molar-refractivity contribution in [1.29, 1.82) is 0 Å². The second-order valence-electron chi connectivity index (χ2n) is 5.92. The quantitative estimate of drug-likeness (QED) is 0.427. The van der Waals surface area contributed by atoms with Gasteiger partial charge >= 0.3 is 0 Å². The van der Waals surface area contributed by atoms with E-state index in [1.165, 1.54) is 12.1 Å². The van der Waals surface area contributed by atoms with Gasteiger partial charge in [0.15, 0.2) is 0 Å². The molecule has 1 amide bonds. The van der Waals surface area contributed by atoms with Crippen LogP contribution in [0, 0.1) is 10.1 Å². The van der Waals surface area contributed by atoms with Crippen molar-refractivity contribution in [3.8, 4) is 0 Å². The van der Waals surface area contributed by atoms with Gasteiger partial charge in [-0.3, -0.25) is 19.9 Å². The standard InChI is InChI=1S/C19H23N3O3/c1-2-3-4-5-13-21-19(23)18(16-7-6-12-20-14-16)15-8-10-17(11-9-15)22(24)25/h6-12,14,18H,2-5,13H2,1H3,(H,21,23)/t18-/m0/s1. The molecular weight excluding hydrogens is 318 g/mol. The van der Waals surface area contributed by atoms with Crippen molar-refractivity contribution in [2.24, 2.45) is 0 Å². The molecule has 0 fully saturated rings. The molecule has 0 saturated carbocycles. The van der Waals surface area contributed by atoms with Gasteiger partial charge in [-0.25, -0.2) is 0 Å². The third-order valence-electron chi connectivity index (χ3n) is 4.05. The van der Waals surface area contributed by atoms with E-state index in [9.17, 15) is 14.9 Å². The average Bonchev–Trinajstić information content (AvgIpc) is 2.63. The molecule has 0 spiro atoms. The van der Waals surface area contributed by atoms with Gasteiger partial charge in [0, 0.05) is 31.1 Å². The summed E-state index contributed by atoms with van der Waals surface area (Å²) in [5, 5.41) is 13.8. The molecule has 0 unspecified atom stereocenters. The molecule has 6 nitrogen and oxygen atoms in total. The second-order valence-corrected chi connectivity index (χ2v) is 5.92. The molecule has 0 saturated heterocycles. The van der Waals surface area contributed by atoms with Crippen molar-refractivity contribution in [3.63, 3.8) is 0 Å². The molecule has 0 radical (unpaired) electrons. The summed E-state index contributed by atoms with van der Waals surface area (Å²) in [5.74, 6) is -0.640. The van der Waals surface area contributed by atoms with Gasteiger partial charge in [-0.2, -0.15) is 0 Å². The smallest absolute Gasteiger partial charge is 0.269 e. The predicted octanol–water partition coefficient (Wildman–Crippen LogP) is 3.82. The minimum Gasteiger partial charge on any atom is -0.355 e. The lowest BCUT2D eigenvalue weighted by Crippen LogP contribution is -2.31. The molecule has 2 aromatic rings. The first kappa shape index (κ1) is 18.6. The van der Waals surface area contributed by atoms with E-state index in [1.54, 1.807) is 30.6 Å². The molecule has 1 atom stereocenters. The molecule has 0 bridgehead atoms. The topological polar surface area (TPSA) is 85.1 Å². The zero-order valence-electron chi connectivity index (χ0n) is 14.4. The summed E-state index contributed by atoms with van der Waals surface area (Å²) in [6, 6.07) is 9.73. The molecule has 0 aliphatic rings. The van der Waals surface area contributed by atoms with E-state index in [0.29, 0.717) is 12.1 Å². The zero-order valence-corrected chi connectivity index (χ0v) is 14.4. The van der Waals surface area contributed by atoms with Crippen molar-refractivity contribution >= 4 is 11.6 Å². The Bertz CT molecular complexity index is 687. The van der Waals surface area contributed by atoms with Gasteiger partial charge in [0.25, 0.3) is 5.69 Å². The van der Waals surface area contributed by atoms with E-state index in [0.717, 1.165) is 31.2 Å². The maximum absolute atomic E-state index is 12.7. The molecule has 1 N–H and O–H groups in total. The lowest BCUT2D eigenvalue weighted by Gasteiger charge is -2.17. The van der Waals surface area contributed by atoms with E-state index in [-0.39, 0.29) is 11.6 Å². The molecule has 25 heavy (non-hydrogen) atoms. The summed E-state index contributed by atoms with van der Waals surface area (Å²) >= 11 is 0. The molecule has 6 heteroatoms. The number of hydrogen-bond acceptors (Lipinski definition) is 4. The summed E-state index contributed by atoms with van der Waals surface area (Å²) in [4.78, 5) is 27.2. The highest BCUT2D eigenvalue weighted by Gasteiger charge is 2.23. The van der Waals surface area contributed by atoms with Gasteiger partial charge in [-0.15, -0.1) is 0 Å². The number of rotatable bonds is 9. The highest BCUT2D eigenvalue weighted by Crippen LogP contribution is 2.26. The lowest BCUT2D eigenvalue weighted by atomic mass is 9.91. The number of benzene rings is 1. The minimum atomic E-state index is -0.527. The van der Waals surface area contributed by atoms with Gasteiger partial charge in [-0.1, -0.05) is 44.4 Å². The Morgan fingerprint density at radius 1 is 1.16 bits per heavy atom. The number of nitrogens with one attached hydrogen (secondary N) is 1. The van der Waals surface area contributed by atoms with Crippen LogP contribution in [0.1, 0.15) is 49.7 Å². The first-order valence-electron chi connectivity index (χ1n) is 8.55. The Labute approximate surface area is 147 Å². The molecular formula is C19H23N3O3. The molecule has 0 aliphatic carbocycles. The number of nitro benzene ring substituents is 1. The number of amides is 1. The van der Waals surface area contributed by atoms with Crippen molar-refractivity contribution in [2.75, 3.05) is 6.54 Å². The van der Waals surface area contributed by atoms with Crippen molar-refractivity contribution in [2.45, 2.75) is 38.5 Å². The van der Waals surface area contributed by atoms with Gasteiger partial charge < -0.3 is 5.32 Å². The Kier molecular flexibility index (Phi) is 7.07. The summed E-state index contributed by atoms with van der Waals surface area (Å²) < 4.78 is 0. The number of non-ortho nitro benzene ring substituents is 1. The van der Waals surface area contributed by atoms with Crippen molar-refractivity contribution < 1.29 is 9.72 Å². The largest absolute Gasteiger partial charge is 0.355 e. The van der Waals surface area contributed by atoms with Crippen LogP contribution >= 0.6 is 0 Å². The highest BCUT2D eigenvalue weighted by molar-refractivity contribution is 5.87. The van der Waals surface area contributed by atoms with Gasteiger partial charge in [0.05, 0.1) is 10.8 Å². The Morgan fingerprint density at radius 3 is 2.52 bits per heavy atom. The van der Waals surface area contributed by atoms with Crippen LogP contribution in [-0.4, -0.2) is 22.4 Å². The minimum absolute atomic E-state index is 0.00802. The van der Waals surface area contributed by atoms with Crippen LogP contribution in [0.3, 0.4) is 0 Å². The normalized spacial score (nSPS) is 11.7. The lowest BCUT2D eigenvalue weighted by molar-refractivity contribution is -0.384. The predicted molar refractivity (Wildman–Crippen MR) is 96.3 cm³/mol. The number of unbranched alkanes of at least 4 members (excludes halogenated alkanes) is 3. The Balaban J connectivity index is 2.16. The molecule has 132 valence electrons. The van der Waals surface area contributed by atoms with Crippen LogP contribution in [0.2, 0.25) is 0 Å². The third kappa shape index (κ3) is 5.38. The number of nitrogens with zero attached hydrogens (tertiary/aromatic N) is 2. The van der Waals surface area contributed by atoms with E-state index in [2.05, 4.69) is 17.2 Å². The fourth-order valence-corrected chi connectivity index (χ4v) is 2.70. The van der Waals surface area contributed by atoms with E-state index >= 15 is 0 Å². The number of carbonyl (C=O) groups excluding carboxylic acids is 1. The molecule has 2 rings (SSSR count). The summed E-state index contributed by atoms with van der Waals surface area (Å²) in [6.45, 7) is 2.77. The van der Waals surface area contributed by atoms with Gasteiger partial charge in [0.1, 0.15) is 0 Å². The molecule has 0 aliphatic heterocycles. The zero-order chi connectivity index (χ0) is 18.1. The van der Waals surface area contributed by atoms with E-state index < -0.39 is 10.8 Å². The number of nitro groups is 1. The number of pyridine rings is 1. The first-order valence-corrected chi connectivity index (χ1v) is 8.55. The highest BCUT2D eigenvalue weighted by atomic mass is 16.6. The van der Waals surface area contributed by atoms with Crippen molar-refractivity contribution in [1.82, 2.24) is 10.3 Å². The fraction of sp³-hybridized carbons (Fsp3) is 0.368. The second kappa shape index (κ2) is 9.52. The fourth-order valence-electron chi connectivity index (χ4n) is 2.70. The van der Waals surface area contributed by atoms with Crippen LogP contribution in [-0.2, 0) is 4.79 Å².